The molecule has 0 spiro atoms. The molecule has 0 amide bonds. The number of rotatable bonds is 2. The number of ether oxygens (including phenoxy) is 2. The molecular formula is C8H5ClF3NO3. The molecule has 0 bridgehead atoms. The van der Waals surface area contributed by atoms with Crippen LogP contribution in [0.1, 0.15) is 10.4 Å². The van der Waals surface area contributed by atoms with Crippen molar-refractivity contribution in [2.24, 2.45) is 0 Å². The van der Waals surface area contributed by atoms with Crippen molar-refractivity contribution in [1.82, 2.24) is 4.98 Å². The van der Waals surface area contributed by atoms with Crippen LogP contribution in [0.25, 0.3) is 0 Å². The van der Waals surface area contributed by atoms with Gasteiger partial charge in [0, 0.05) is 6.07 Å². The van der Waals surface area contributed by atoms with Gasteiger partial charge in [0.25, 0.3) is 0 Å². The fourth-order valence-electron chi connectivity index (χ4n) is 0.879. The highest BCUT2D eigenvalue weighted by Crippen LogP contribution is 2.23. The third kappa shape index (κ3) is 3.58. The first kappa shape index (κ1) is 12.6. The average Bonchev–Trinajstić information content (AvgIpc) is 2.12. The number of methoxy groups -OCH3 is 1. The Balaban J connectivity index is 3.03. The van der Waals surface area contributed by atoms with Gasteiger partial charge < -0.3 is 9.47 Å². The summed E-state index contributed by atoms with van der Waals surface area (Å²) in [6, 6.07) is 1.85. The summed E-state index contributed by atoms with van der Waals surface area (Å²) in [5.41, 5.74) is -0.179. The maximum Gasteiger partial charge on any atom is 0.574 e. The van der Waals surface area contributed by atoms with Crippen LogP contribution in [-0.2, 0) is 4.74 Å². The second kappa shape index (κ2) is 4.56. The van der Waals surface area contributed by atoms with Crippen molar-refractivity contribution in [3.05, 3.63) is 22.8 Å². The topological polar surface area (TPSA) is 48.4 Å². The van der Waals surface area contributed by atoms with E-state index in [1.54, 1.807) is 0 Å². The lowest BCUT2D eigenvalue weighted by molar-refractivity contribution is -0.276. The Morgan fingerprint density at radius 3 is 2.56 bits per heavy atom. The van der Waals surface area contributed by atoms with E-state index in [9.17, 15) is 18.0 Å². The van der Waals surface area contributed by atoms with Crippen molar-refractivity contribution in [3.8, 4) is 5.88 Å². The van der Waals surface area contributed by atoms with Gasteiger partial charge in [-0.2, -0.15) is 0 Å². The van der Waals surface area contributed by atoms with Gasteiger partial charge in [0.15, 0.2) is 0 Å². The van der Waals surface area contributed by atoms with Gasteiger partial charge in [-0.25, -0.2) is 9.78 Å². The Kier molecular flexibility index (Phi) is 3.58. The molecule has 1 rings (SSSR count). The van der Waals surface area contributed by atoms with Gasteiger partial charge in [-0.05, 0) is 6.07 Å². The molecule has 0 aliphatic carbocycles. The molecule has 4 nitrogen and oxygen atoms in total. The summed E-state index contributed by atoms with van der Waals surface area (Å²) < 4.78 is 43.4. The minimum atomic E-state index is -4.90. The molecule has 16 heavy (non-hydrogen) atoms. The number of alkyl halides is 3. The highest BCUT2D eigenvalue weighted by Gasteiger charge is 2.32. The van der Waals surface area contributed by atoms with Gasteiger partial charge in [0.1, 0.15) is 5.15 Å². The number of esters is 1. The van der Waals surface area contributed by atoms with Crippen LogP contribution < -0.4 is 4.74 Å². The molecule has 1 aromatic rings. The molecule has 0 saturated heterocycles. The number of hydrogen-bond acceptors (Lipinski definition) is 4. The fraction of sp³-hybridized carbons (Fsp3) is 0.250. The summed E-state index contributed by atoms with van der Waals surface area (Å²) in [6.07, 6.45) is -4.90. The second-order valence-electron chi connectivity index (χ2n) is 2.56. The highest BCUT2D eigenvalue weighted by molar-refractivity contribution is 6.29. The SMILES string of the molecule is COC(=O)c1cc(Cl)nc(OC(F)(F)F)c1. The molecule has 1 aromatic heterocycles. The van der Waals surface area contributed by atoms with E-state index in [1.165, 1.54) is 0 Å². The number of pyridine rings is 1. The van der Waals surface area contributed by atoms with Crippen molar-refractivity contribution in [3.63, 3.8) is 0 Å². The van der Waals surface area contributed by atoms with E-state index >= 15 is 0 Å². The quantitative estimate of drug-likeness (QED) is 0.601. The standard InChI is InChI=1S/C8H5ClF3NO3/c1-15-7(14)4-2-5(9)13-6(3-4)16-8(10,11)12/h2-3H,1H3. The zero-order valence-corrected chi connectivity index (χ0v) is 8.59. The maximum absolute atomic E-state index is 11.9. The molecule has 0 aliphatic rings. The van der Waals surface area contributed by atoms with Crippen molar-refractivity contribution >= 4 is 17.6 Å². The predicted molar refractivity (Wildman–Crippen MR) is 47.3 cm³/mol. The number of carbonyl (C=O) groups is 1. The summed E-state index contributed by atoms with van der Waals surface area (Å²) in [7, 11) is 1.08. The van der Waals surface area contributed by atoms with Crippen molar-refractivity contribution in [2.75, 3.05) is 7.11 Å². The van der Waals surface area contributed by atoms with Gasteiger partial charge in [-0.1, -0.05) is 11.6 Å². The van der Waals surface area contributed by atoms with Gasteiger partial charge in [0.2, 0.25) is 5.88 Å². The highest BCUT2D eigenvalue weighted by atomic mass is 35.5. The van der Waals surface area contributed by atoms with E-state index in [-0.39, 0.29) is 10.7 Å². The third-order valence-corrected chi connectivity index (χ3v) is 1.61. The smallest absolute Gasteiger partial charge is 0.465 e. The zero-order chi connectivity index (χ0) is 12.3. The molecule has 0 saturated carbocycles. The Bertz CT molecular complexity index is 408. The lowest BCUT2D eigenvalue weighted by Gasteiger charge is -2.08. The molecule has 0 aliphatic heterocycles. The zero-order valence-electron chi connectivity index (χ0n) is 7.84. The Morgan fingerprint density at radius 2 is 2.06 bits per heavy atom. The van der Waals surface area contributed by atoms with Crippen LogP contribution in [0.3, 0.4) is 0 Å². The van der Waals surface area contributed by atoms with Gasteiger partial charge in [-0.3, -0.25) is 0 Å². The molecule has 0 radical (unpaired) electrons. The van der Waals surface area contributed by atoms with Crippen LogP contribution >= 0.6 is 11.6 Å². The largest absolute Gasteiger partial charge is 0.574 e. The van der Waals surface area contributed by atoms with Crippen molar-refractivity contribution in [2.45, 2.75) is 6.36 Å². The van der Waals surface area contributed by atoms with Crippen LogP contribution in [0.4, 0.5) is 13.2 Å². The molecule has 0 atom stereocenters. The number of hydrogen-bond donors (Lipinski definition) is 0. The molecule has 0 N–H and O–H groups in total. The third-order valence-electron chi connectivity index (χ3n) is 1.41. The van der Waals surface area contributed by atoms with Crippen LogP contribution in [0.15, 0.2) is 12.1 Å². The fourth-order valence-corrected chi connectivity index (χ4v) is 1.08. The monoisotopic (exact) mass is 255 g/mol. The van der Waals surface area contributed by atoms with Crippen molar-refractivity contribution in [1.29, 1.82) is 0 Å². The number of carbonyl (C=O) groups excluding carboxylic acids is 1. The van der Waals surface area contributed by atoms with E-state index in [0.29, 0.717) is 0 Å². The molecule has 88 valence electrons. The van der Waals surface area contributed by atoms with Crippen LogP contribution in [0.5, 0.6) is 5.88 Å². The van der Waals surface area contributed by atoms with E-state index in [1.807, 2.05) is 0 Å². The minimum absolute atomic E-state index is 0.179. The summed E-state index contributed by atoms with van der Waals surface area (Å²) in [6.45, 7) is 0. The molecule has 8 heteroatoms. The van der Waals surface area contributed by atoms with Gasteiger partial charge in [0.05, 0.1) is 12.7 Å². The molecule has 0 unspecified atom stereocenters. The van der Waals surface area contributed by atoms with E-state index in [2.05, 4.69) is 14.5 Å². The first-order chi connectivity index (χ1) is 7.31. The van der Waals surface area contributed by atoms with Crippen LogP contribution in [0.2, 0.25) is 5.15 Å². The molecule has 0 aromatic carbocycles. The average molecular weight is 256 g/mol. The number of halogens is 4. The van der Waals surface area contributed by atoms with E-state index in [0.717, 1.165) is 19.2 Å². The number of aromatic nitrogens is 1. The molecule has 1 heterocycles. The Labute approximate surface area is 92.9 Å². The predicted octanol–water partition coefficient (Wildman–Crippen LogP) is 2.42. The minimum Gasteiger partial charge on any atom is -0.465 e. The lowest BCUT2D eigenvalue weighted by Crippen LogP contribution is -2.18. The second-order valence-corrected chi connectivity index (χ2v) is 2.94. The molecular weight excluding hydrogens is 251 g/mol. The van der Waals surface area contributed by atoms with Crippen LogP contribution in [-0.4, -0.2) is 24.4 Å². The van der Waals surface area contributed by atoms with Crippen molar-refractivity contribution < 1.29 is 27.4 Å². The Morgan fingerprint density at radius 1 is 1.44 bits per heavy atom. The first-order valence-electron chi connectivity index (χ1n) is 3.83. The van der Waals surface area contributed by atoms with Gasteiger partial charge in [-0.15, -0.1) is 13.2 Å². The Hall–Kier alpha value is -1.50. The van der Waals surface area contributed by atoms with Gasteiger partial charge >= 0.3 is 12.3 Å². The summed E-state index contributed by atoms with van der Waals surface area (Å²) in [5.74, 6) is -1.66. The summed E-state index contributed by atoms with van der Waals surface area (Å²) in [5, 5.41) is -0.304. The summed E-state index contributed by atoms with van der Waals surface area (Å²) in [4.78, 5) is 14.3. The number of nitrogens with zero attached hydrogens (tertiary/aromatic N) is 1. The normalized spacial score (nSPS) is 11.1. The van der Waals surface area contributed by atoms with E-state index < -0.39 is 18.2 Å². The van der Waals surface area contributed by atoms with Crippen LogP contribution in [0, 0.1) is 0 Å². The summed E-state index contributed by atoms with van der Waals surface area (Å²) >= 11 is 5.41. The molecule has 0 fully saturated rings. The first-order valence-corrected chi connectivity index (χ1v) is 4.21. The lowest BCUT2D eigenvalue weighted by atomic mass is 10.3. The van der Waals surface area contributed by atoms with E-state index in [4.69, 9.17) is 11.6 Å². The maximum atomic E-state index is 11.9.